The maximum atomic E-state index is 11.3. The third-order valence-electron chi connectivity index (χ3n) is 2.41. The molecule has 0 atom stereocenters. The molecule has 0 bridgehead atoms. The average molecular weight is 257 g/mol. The van der Waals surface area contributed by atoms with E-state index >= 15 is 0 Å². The topological polar surface area (TPSA) is 52.6 Å². The number of carbonyl (C=O) groups excluding carboxylic acids is 1. The molecule has 0 fully saturated rings. The second kappa shape index (κ2) is 6.47. The van der Waals surface area contributed by atoms with Gasteiger partial charge in [-0.3, -0.25) is 4.79 Å². The molecular formula is C12H17ClN2O2. The highest BCUT2D eigenvalue weighted by molar-refractivity contribution is 6.31. The SMILES string of the molecule is CN(C)C(=O)CCNCc1c(O)cccc1Cl. The van der Waals surface area contributed by atoms with E-state index in [9.17, 15) is 9.90 Å². The molecule has 1 amide bonds. The Bertz CT molecular complexity index is 374. The Kier molecular flexibility index (Phi) is 5.25. The molecule has 17 heavy (non-hydrogen) atoms. The molecule has 0 aromatic heterocycles. The molecule has 5 heteroatoms. The molecule has 0 heterocycles. The van der Waals surface area contributed by atoms with E-state index < -0.39 is 0 Å². The number of phenolic OH excluding ortho intramolecular Hbond substituents is 1. The Morgan fingerprint density at radius 2 is 2.18 bits per heavy atom. The van der Waals surface area contributed by atoms with Crippen LogP contribution in [0, 0.1) is 0 Å². The number of amides is 1. The first-order chi connectivity index (χ1) is 8.02. The predicted molar refractivity (Wildman–Crippen MR) is 68.1 cm³/mol. The standard InChI is InChI=1S/C12H17ClN2O2/c1-15(2)12(17)6-7-14-8-9-10(13)4-3-5-11(9)16/h3-5,14,16H,6-8H2,1-2H3. The highest BCUT2D eigenvalue weighted by Crippen LogP contribution is 2.24. The molecule has 4 nitrogen and oxygen atoms in total. The van der Waals surface area contributed by atoms with Crippen LogP contribution < -0.4 is 5.32 Å². The first-order valence-corrected chi connectivity index (χ1v) is 5.77. The lowest BCUT2D eigenvalue weighted by Crippen LogP contribution is -2.26. The fourth-order valence-corrected chi connectivity index (χ4v) is 1.59. The maximum Gasteiger partial charge on any atom is 0.223 e. The lowest BCUT2D eigenvalue weighted by atomic mass is 10.2. The molecule has 0 unspecified atom stereocenters. The maximum absolute atomic E-state index is 11.3. The number of carbonyl (C=O) groups is 1. The molecular weight excluding hydrogens is 240 g/mol. The van der Waals surface area contributed by atoms with Crippen LogP contribution in [-0.2, 0) is 11.3 Å². The van der Waals surface area contributed by atoms with Crippen molar-refractivity contribution in [1.82, 2.24) is 10.2 Å². The van der Waals surface area contributed by atoms with Gasteiger partial charge in [0.05, 0.1) is 0 Å². The van der Waals surface area contributed by atoms with Gasteiger partial charge >= 0.3 is 0 Å². The molecule has 0 spiro atoms. The van der Waals surface area contributed by atoms with Crippen LogP contribution in [0.1, 0.15) is 12.0 Å². The van der Waals surface area contributed by atoms with E-state index in [1.807, 2.05) is 0 Å². The molecule has 1 rings (SSSR count). The van der Waals surface area contributed by atoms with Gasteiger partial charge in [-0.2, -0.15) is 0 Å². The van der Waals surface area contributed by atoms with E-state index in [1.54, 1.807) is 37.2 Å². The minimum Gasteiger partial charge on any atom is -0.508 e. The van der Waals surface area contributed by atoms with Gasteiger partial charge in [-0.25, -0.2) is 0 Å². The van der Waals surface area contributed by atoms with Crippen molar-refractivity contribution < 1.29 is 9.90 Å². The number of nitrogens with zero attached hydrogens (tertiary/aromatic N) is 1. The summed E-state index contributed by atoms with van der Waals surface area (Å²) < 4.78 is 0. The lowest BCUT2D eigenvalue weighted by molar-refractivity contribution is -0.128. The molecule has 0 saturated carbocycles. The summed E-state index contributed by atoms with van der Waals surface area (Å²) in [5.74, 6) is 0.241. The van der Waals surface area contributed by atoms with Crippen LogP contribution >= 0.6 is 11.6 Å². The molecule has 0 radical (unpaired) electrons. The number of benzene rings is 1. The van der Waals surface area contributed by atoms with Gasteiger partial charge in [-0.05, 0) is 12.1 Å². The molecule has 1 aromatic rings. The van der Waals surface area contributed by atoms with Crippen LogP contribution in [0.2, 0.25) is 5.02 Å². The van der Waals surface area contributed by atoms with Gasteiger partial charge in [0.15, 0.2) is 0 Å². The molecule has 0 saturated heterocycles. The number of rotatable bonds is 5. The van der Waals surface area contributed by atoms with Gasteiger partial charge in [-0.15, -0.1) is 0 Å². The van der Waals surface area contributed by atoms with E-state index in [0.29, 0.717) is 30.1 Å². The fraction of sp³-hybridized carbons (Fsp3) is 0.417. The molecule has 0 aliphatic heterocycles. The molecule has 0 aliphatic rings. The Morgan fingerprint density at radius 3 is 2.76 bits per heavy atom. The van der Waals surface area contributed by atoms with Crippen molar-refractivity contribution in [2.75, 3.05) is 20.6 Å². The molecule has 0 aliphatic carbocycles. The first-order valence-electron chi connectivity index (χ1n) is 5.39. The van der Waals surface area contributed by atoms with Gasteiger partial charge < -0.3 is 15.3 Å². The summed E-state index contributed by atoms with van der Waals surface area (Å²) in [5.41, 5.74) is 0.659. The van der Waals surface area contributed by atoms with Crippen LogP contribution in [0.3, 0.4) is 0 Å². The van der Waals surface area contributed by atoms with Gasteiger partial charge in [0, 0.05) is 44.2 Å². The fourth-order valence-electron chi connectivity index (χ4n) is 1.35. The smallest absolute Gasteiger partial charge is 0.223 e. The van der Waals surface area contributed by atoms with E-state index in [2.05, 4.69) is 5.32 Å². The number of hydrogen-bond donors (Lipinski definition) is 2. The quantitative estimate of drug-likeness (QED) is 0.787. The third-order valence-corrected chi connectivity index (χ3v) is 2.76. The minimum atomic E-state index is 0.0703. The van der Waals surface area contributed by atoms with Crippen LogP contribution in [-0.4, -0.2) is 36.6 Å². The summed E-state index contributed by atoms with van der Waals surface area (Å²) in [6.45, 7) is 1.01. The number of aromatic hydroxyl groups is 1. The van der Waals surface area contributed by atoms with Crippen molar-refractivity contribution in [2.45, 2.75) is 13.0 Å². The Morgan fingerprint density at radius 1 is 1.47 bits per heavy atom. The normalized spacial score (nSPS) is 10.3. The molecule has 94 valence electrons. The minimum absolute atomic E-state index is 0.0703. The summed E-state index contributed by atoms with van der Waals surface area (Å²) in [5, 5.41) is 13.2. The highest BCUT2D eigenvalue weighted by Gasteiger charge is 2.06. The monoisotopic (exact) mass is 256 g/mol. The number of halogens is 1. The zero-order valence-corrected chi connectivity index (χ0v) is 10.8. The number of hydrogen-bond acceptors (Lipinski definition) is 3. The van der Waals surface area contributed by atoms with E-state index in [0.717, 1.165) is 0 Å². The number of phenols is 1. The summed E-state index contributed by atoms with van der Waals surface area (Å²) in [6.07, 6.45) is 0.429. The van der Waals surface area contributed by atoms with Crippen molar-refractivity contribution in [3.05, 3.63) is 28.8 Å². The van der Waals surface area contributed by atoms with E-state index in [-0.39, 0.29) is 11.7 Å². The largest absolute Gasteiger partial charge is 0.508 e. The predicted octanol–water partition coefficient (Wildman–Crippen LogP) is 1.61. The molecule has 1 aromatic carbocycles. The van der Waals surface area contributed by atoms with Crippen LogP contribution in [0.25, 0.3) is 0 Å². The molecule has 2 N–H and O–H groups in total. The van der Waals surface area contributed by atoms with Crippen molar-refractivity contribution in [1.29, 1.82) is 0 Å². The summed E-state index contributed by atoms with van der Waals surface area (Å²) in [6, 6.07) is 5.01. The second-order valence-electron chi connectivity index (χ2n) is 3.95. The Hall–Kier alpha value is -1.26. The number of nitrogens with one attached hydrogen (secondary N) is 1. The average Bonchev–Trinajstić information content (AvgIpc) is 2.27. The Balaban J connectivity index is 2.39. The van der Waals surface area contributed by atoms with Gasteiger partial charge in [-0.1, -0.05) is 17.7 Å². The van der Waals surface area contributed by atoms with Crippen molar-refractivity contribution in [3.63, 3.8) is 0 Å². The van der Waals surface area contributed by atoms with Crippen LogP contribution in [0.4, 0.5) is 0 Å². The van der Waals surface area contributed by atoms with Crippen molar-refractivity contribution >= 4 is 17.5 Å². The summed E-state index contributed by atoms with van der Waals surface area (Å²) in [7, 11) is 3.45. The lowest BCUT2D eigenvalue weighted by Gasteiger charge is -2.11. The first kappa shape index (κ1) is 13.8. The van der Waals surface area contributed by atoms with Crippen molar-refractivity contribution in [3.8, 4) is 5.75 Å². The van der Waals surface area contributed by atoms with Crippen LogP contribution in [0.15, 0.2) is 18.2 Å². The van der Waals surface area contributed by atoms with Gasteiger partial charge in [0.25, 0.3) is 0 Å². The van der Waals surface area contributed by atoms with E-state index in [4.69, 9.17) is 11.6 Å². The highest BCUT2D eigenvalue weighted by atomic mass is 35.5. The Labute approximate surface area is 106 Å². The summed E-state index contributed by atoms with van der Waals surface area (Å²) in [4.78, 5) is 12.8. The van der Waals surface area contributed by atoms with E-state index in [1.165, 1.54) is 0 Å². The summed E-state index contributed by atoms with van der Waals surface area (Å²) >= 11 is 5.95. The van der Waals surface area contributed by atoms with Gasteiger partial charge in [0.1, 0.15) is 5.75 Å². The second-order valence-corrected chi connectivity index (χ2v) is 4.36. The zero-order chi connectivity index (χ0) is 12.8. The van der Waals surface area contributed by atoms with Crippen molar-refractivity contribution in [2.24, 2.45) is 0 Å². The zero-order valence-electron chi connectivity index (χ0n) is 10.0. The van der Waals surface area contributed by atoms with Crippen LogP contribution in [0.5, 0.6) is 5.75 Å². The third kappa shape index (κ3) is 4.24. The van der Waals surface area contributed by atoms with Gasteiger partial charge in [0.2, 0.25) is 5.91 Å².